The molecule has 7 nitrogen and oxygen atoms in total. The molecule has 5 aromatic carbocycles. The van der Waals surface area contributed by atoms with Gasteiger partial charge in [-0.15, -0.1) is 0 Å². The van der Waals surface area contributed by atoms with Crippen LogP contribution < -0.4 is 9.62 Å². The summed E-state index contributed by atoms with van der Waals surface area (Å²) in [7, 11) is -4.10. The van der Waals surface area contributed by atoms with E-state index in [1.54, 1.807) is 19.1 Å². The molecule has 0 radical (unpaired) electrons. The van der Waals surface area contributed by atoms with E-state index >= 15 is 0 Å². The molecule has 45 heavy (non-hydrogen) atoms. The average molecular weight is 639 g/mol. The minimum atomic E-state index is -4.10. The minimum absolute atomic E-state index is 0.0147. The van der Waals surface area contributed by atoms with Gasteiger partial charge in [-0.25, -0.2) is 13.2 Å². The number of sulfonamides is 1. The van der Waals surface area contributed by atoms with Crippen LogP contribution in [0.25, 0.3) is 22.3 Å². The fraction of sp³-hybridized carbons (Fsp3) is 0.111. The Bertz CT molecular complexity index is 1900. The number of carboxylic acid groups (broad SMARTS) is 1. The lowest BCUT2D eigenvalue weighted by atomic mass is 10.0. The van der Waals surface area contributed by atoms with Crippen molar-refractivity contribution in [2.75, 3.05) is 10.8 Å². The first kappa shape index (κ1) is 31.5. The maximum Gasteiger partial charge on any atom is 0.326 e. The highest BCUT2D eigenvalue weighted by molar-refractivity contribution is 7.92. The van der Waals surface area contributed by atoms with Gasteiger partial charge in [0.15, 0.2) is 0 Å². The Morgan fingerprint density at radius 2 is 1.27 bits per heavy atom. The van der Waals surface area contributed by atoms with Gasteiger partial charge < -0.3 is 10.4 Å². The fourth-order valence-electron chi connectivity index (χ4n) is 5.09. The van der Waals surface area contributed by atoms with Crippen LogP contribution >= 0.6 is 11.6 Å². The number of carbonyl (C=O) groups is 2. The molecule has 9 heteroatoms. The summed E-state index contributed by atoms with van der Waals surface area (Å²) in [4.78, 5) is 25.9. The molecule has 228 valence electrons. The highest BCUT2D eigenvalue weighted by Gasteiger charge is 2.29. The summed E-state index contributed by atoms with van der Waals surface area (Å²) in [6, 6.07) is 36.3. The van der Waals surface area contributed by atoms with E-state index in [1.807, 2.05) is 84.9 Å². The van der Waals surface area contributed by atoms with Crippen molar-refractivity contribution in [1.82, 2.24) is 5.32 Å². The van der Waals surface area contributed by atoms with Crippen molar-refractivity contribution in [1.29, 1.82) is 0 Å². The van der Waals surface area contributed by atoms with Gasteiger partial charge in [-0.1, -0.05) is 109 Å². The monoisotopic (exact) mass is 638 g/mol. The molecule has 0 spiro atoms. The highest BCUT2D eigenvalue weighted by Crippen LogP contribution is 2.31. The number of amides is 1. The maximum atomic E-state index is 13.8. The predicted molar refractivity (Wildman–Crippen MR) is 178 cm³/mol. The molecule has 0 saturated heterocycles. The Hall–Kier alpha value is -4.92. The Morgan fingerprint density at radius 3 is 1.78 bits per heavy atom. The third kappa shape index (κ3) is 7.25. The summed E-state index contributed by atoms with van der Waals surface area (Å²) < 4.78 is 28.8. The van der Waals surface area contributed by atoms with Crippen molar-refractivity contribution in [2.24, 2.45) is 0 Å². The van der Waals surface area contributed by atoms with Gasteiger partial charge in [-0.2, -0.15) is 0 Å². The zero-order valence-corrected chi connectivity index (χ0v) is 26.0. The molecule has 0 fully saturated rings. The second kappa shape index (κ2) is 13.8. The molecule has 0 aliphatic heterocycles. The quantitative estimate of drug-likeness (QED) is 0.158. The van der Waals surface area contributed by atoms with Crippen molar-refractivity contribution in [3.8, 4) is 22.3 Å². The van der Waals surface area contributed by atoms with Crippen LogP contribution in [0.2, 0.25) is 5.02 Å². The van der Waals surface area contributed by atoms with Crippen LogP contribution in [0.1, 0.15) is 22.8 Å². The van der Waals surface area contributed by atoms with Crippen LogP contribution in [0.5, 0.6) is 0 Å². The molecular formula is C36H31ClN2O5S. The lowest BCUT2D eigenvalue weighted by molar-refractivity contribution is -0.139. The van der Waals surface area contributed by atoms with E-state index in [2.05, 4.69) is 5.32 Å². The highest BCUT2D eigenvalue weighted by atomic mass is 35.5. The second-order valence-electron chi connectivity index (χ2n) is 10.4. The van der Waals surface area contributed by atoms with Gasteiger partial charge in [0.05, 0.1) is 16.1 Å². The topological polar surface area (TPSA) is 104 Å². The van der Waals surface area contributed by atoms with Gasteiger partial charge in [0.25, 0.3) is 15.9 Å². The Balaban J connectivity index is 1.39. The van der Waals surface area contributed by atoms with Crippen LogP contribution in [0.4, 0.5) is 5.69 Å². The van der Waals surface area contributed by atoms with E-state index in [-0.39, 0.29) is 34.1 Å². The van der Waals surface area contributed by atoms with E-state index in [9.17, 15) is 23.1 Å². The Labute approximate surface area is 267 Å². The van der Waals surface area contributed by atoms with Crippen LogP contribution in [0.3, 0.4) is 0 Å². The number of benzene rings is 5. The van der Waals surface area contributed by atoms with Crippen LogP contribution in [0, 0.1) is 0 Å². The summed E-state index contributed by atoms with van der Waals surface area (Å²) in [6.07, 6.45) is 0.0234. The number of aliphatic carboxylic acids is 1. The molecule has 0 heterocycles. The second-order valence-corrected chi connectivity index (χ2v) is 12.7. The number of hydrogen-bond acceptors (Lipinski definition) is 4. The van der Waals surface area contributed by atoms with Crippen LogP contribution in [0.15, 0.2) is 132 Å². The first-order valence-corrected chi connectivity index (χ1v) is 16.1. The van der Waals surface area contributed by atoms with E-state index in [1.165, 1.54) is 30.3 Å². The maximum absolute atomic E-state index is 13.8. The number of carboxylic acids is 1. The number of nitrogens with zero attached hydrogens (tertiary/aromatic N) is 1. The molecule has 1 unspecified atom stereocenters. The van der Waals surface area contributed by atoms with Crippen molar-refractivity contribution in [2.45, 2.75) is 24.3 Å². The molecule has 0 aliphatic carbocycles. The molecule has 5 rings (SSSR count). The standard InChI is InChI=1S/C36H31ClN2O5S/c1-2-39(45(43,44)31-20-17-29(18-21-31)27-11-7-4-8-12-27)34-22-19-30(37)24-32(34)35(40)38-33(36(41)42)23-25-13-15-28(16-14-25)26-9-5-3-6-10-26/h3-22,24,33H,2,23H2,1H3,(H,38,40)(H,41,42). The molecule has 2 N–H and O–H groups in total. The average Bonchev–Trinajstić information content (AvgIpc) is 3.06. The molecule has 5 aromatic rings. The predicted octanol–water partition coefficient (Wildman–Crippen LogP) is 7.31. The third-order valence-corrected chi connectivity index (χ3v) is 9.55. The molecule has 0 saturated carbocycles. The SMILES string of the molecule is CCN(c1ccc(Cl)cc1C(=O)NC(Cc1ccc(-c2ccccc2)cc1)C(=O)O)S(=O)(=O)c1ccc(-c2ccccc2)cc1. The number of hydrogen-bond donors (Lipinski definition) is 2. The Morgan fingerprint density at radius 1 is 0.756 bits per heavy atom. The van der Waals surface area contributed by atoms with Gasteiger partial charge >= 0.3 is 5.97 Å². The lowest BCUT2D eigenvalue weighted by Crippen LogP contribution is -2.43. The number of rotatable bonds is 11. The largest absolute Gasteiger partial charge is 0.480 e. The smallest absolute Gasteiger partial charge is 0.326 e. The zero-order chi connectivity index (χ0) is 32.0. The van der Waals surface area contributed by atoms with E-state index < -0.39 is 27.9 Å². The van der Waals surface area contributed by atoms with E-state index in [4.69, 9.17) is 11.6 Å². The van der Waals surface area contributed by atoms with Gasteiger partial charge in [-0.05, 0) is 65.1 Å². The normalized spacial score (nSPS) is 11.9. The number of halogens is 1. The molecule has 1 atom stereocenters. The van der Waals surface area contributed by atoms with Crippen molar-refractivity contribution in [3.63, 3.8) is 0 Å². The molecule has 1 amide bonds. The summed E-state index contributed by atoms with van der Waals surface area (Å²) in [5.74, 6) is -1.98. The summed E-state index contributed by atoms with van der Waals surface area (Å²) in [5, 5.41) is 12.8. The third-order valence-electron chi connectivity index (χ3n) is 7.41. The van der Waals surface area contributed by atoms with Crippen molar-refractivity contribution >= 4 is 39.2 Å². The Kier molecular flexibility index (Phi) is 9.66. The summed E-state index contributed by atoms with van der Waals surface area (Å²) in [5.41, 5.74) is 4.56. The van der Waals surface area contributed by atoms with Gasteiger partial charge in [0.2, 0.25) is 0 Å². The van der Waals surface area contributed by atoms with Gasteiger partial charge in [0, 0.05) is 18.0 Å². The van der Waals surface area contributed by atoms with Gasteiger partial charge in [-0.3, -0.25) is 9.10 Å². The number of nitrogens with one attached hydrogen (secondary N) is 1. The summed E-state index contributed by atoms with van der Waals surface area (Å²) >= 11 is 6.25. The first-order valence-electron chi connectivity index (χ1n) is 14.3. The number of carbonyl (C=O) groups excluding carboxylic acids is 1. The van der Waals surface area contributed by atoms with E-state index in [0.29, 0.717) is 5.56 Å². The molecule has 0 aromatic heterocycles. The first-order chi connectivity index (χ1) is 21.7. The molecule has 0 aliphatic rings. The summed E-state index contributed by atoms with van der Waals surface area (Å²) in [6.45, 7) is 1.67. The molecule has 0 bridgehead atoms. The zero-order valence-electron chi connectivity index (χ0n) is 24.4. The van der Waals surface area contributed by atoms with Crippen LogP contribution in [-0.2, 0) is 21.2 Å². The van der Waals surface area contributed by atoms with Crippen molar-refractivity contribution in [3.05, 3.63) is 144 Å². The fourth-order valence-corrected chi connectivity index (χ4v) is 6.75. The van der Waals surface area contributed by atoms with Crippen molar-refractivity contribution < 1.29 is 23.1 Å². The minimum Gasteiger partial charge on any atom is -0.480 e. The lowest BCUT2D eigenvalue weighted by Gasteiger charge is -2.26. The molecular weight excluding hydrogens is 608 g/mol. The van der Waals surface area contributed by atoms with E-state index in [0.717, 1.165) is 26.6 Å². The number of anilines is 1. The van der Waals surface area contributed by atoms with Crippen LogP contribution in [-0.4, -0.2) is 38.0 Å². The van der Waals surface area contributed by atoms with Gasteiger partial charge in [0.1, 0.15) is 6.04 Å².